The molecule has 2 rings (SSSR count). The van der Waals surface area contributed by atoms with E-state index in [1.54, 1.807) is 6.08 Å². The summed E-state index contributed by atoms with van der Waals surface area (Å²) in [7, 11) is 0. The van der Waals surface area contributed by atoms with Gasteiger partial charge in [0.25, 0.3) is 5.91 Å². The molecule has 2 fully saturated rings. The van der Waals surface area contributed by atoms with Gasteiger partial charge in [-0.2, -0.15) is 0 Å². The number of nitrogens with zero attached hydrogens (tertiary/aromatic N) is 1. The second-order valence-corrected chi connectivity index (χ2v) is 5.53. The monoisotopic (exact) mass is 279 g/mol. The van der Waals surface area contributed by atoms with E-state index in [0.29, 0.717) is 13.0 Å². The molecule has 1 spiro atoms. The Morgan fingerprint density at radius 3 is 2.95 bits per heavy atom. The zero-order valence-corrected chi connectivity index (χ0v) is 11.8. The van der Waals surface area contributed by atoms with Crippen molar-refractivity contribution in [2.75, 3.05) is 13.1 Å². The van der Waals surface area contributed by atoms with Crippen molar-refractivity contribution in [3.8, 4) is 0 Å². The highest BCUT2D eigenvalue weighted by atomic mass is 16.2. The highest BCUT2D eigenvalue weighted by Gasteiger charge is 2.55. The van der Waals surface area contributed by atoms with E-state index in [2.05, 4.69) is 17.2 Å². The Labute approximate surface area is 118 Å². The smallest absolute Gasteiger partial charge is 0.325 e. The van der Waals surface area contributed by atoms with Gasteiger partial charge in [0.2, 0.25) is 5.91 Å². The normalized spacial score (nSPS) is 29.4. The fourth-order valence-corrected chi connectivity index (χ4v) is 3.02. The lowest BCUT2D eigenvalue weighted by Crippen LogP contribution is -2.54. The average Bonchev–Trinajstić information content (AvgIpc) is 2.65. The van der Waals surface area contributed by atoms with Crippen molar-refractivity contribution in [1.82, 2.24) is 15.5 Å². The Bertz CT molecular complexity index is 449. The molecule has 2 aliphatic rings. The van der Waals surface area contributed by atoms with Crippen LogP contribution in [0.1, 0.15) is 32.6 Å². The first-order chi connectivity index (χ1) is 9.51. The number of nitrogens with one attached hydrogen (secondary N) is 2. The predicted octanol–water partition coefficient (Wildman–Crippen LogP) is 0.789. The van der Waals surface area contributed by atoms with Gasteiger partial charge in [-0.1, -0.05) is 25.8 Å². The second-order valence-electron chi connectivity index (χ2n) is 5.53. The molecule has 0 aromatic heterocycles. The van der Waals surface area contributed by atoms with E-state index in [0.717, 1.165) is 24.2 Å². The van der Waals surface area contributed by atoms with E-state index in [4.69, 9.17) is 0 Å². The molecule has 2 N–H and O–H groups in total. The summed E-state index contributed by atoms with van der Waals surface area (Å²) in [6.07, 6.45) is 5.12. The molecular weight excluding hydrogens is 258 g/mol. The molecule has 6 heteroatoms. The first kappa shape index (κ1) is 14.6. The number of urea groups is 1. The molecule has 1 saturated heterocycles. The van der Waals surface area contributed by atoms with Gasteiger partial charge in [0.05, 0.1) is 0 Å². The summed E-state index contributed by atoms with van der Waals surface area (Å²) < 4.78 is 0. The fraction of sp³-hybridized carbons (Fsp3) is 0.643. The summed E-state index contributed by atoms with van der Waals surface area (Å²) in [5.74, 6) is -0.508. The molecule has 4 amide bonds. The first-order valence-corrected chi connectivity index (χ1v) is 7.03. The fourth-order valence-electron chi connectivity index (χ4n) is 3.02. The quantitative estimate of drug-likeness (QED) is 0.590. The summed E-state index contributed by atoms with van der Waals surface area (Å²) >= 11 is 0. The van der Waals surface area contributed by atoms with Crippen LogP contribution >= 0.6 is 0 Å². The van der Waals surface area contributed by atoms with E-state index >= 15 is 0 Å². The van der Waals surface area contributed by atoms with Crippen molar-refractivity contribution in [2.24, 2.45) is 5.92 Å². The minimum atomic E-state index is -0.798. The predicted molar refractivity (Wildman–Crippen MR) is 73.8 cm³/mol. The molecule has 2 atom stereocenters. The lowest BCUT2D eigenvalue weighted by molar-refractivity contribution is -0.137. The first-order valence-electron chi connectivity index (χ1n) is 7.03. The molecule has 0 unspecified atom stereocenters. The number of carbonyl (C=O) groups excluding carboxylic acids is 3. The van der Waals surface area contributed by atoms with Crippen LogP contribution in [0.3, 0.4) is 0 Å². The lowest BCUT2D eigenvalue weighted by Gasteiger charge is -2.36. The third-order valence-corrected chi connectivity index (χ3v) is 4.25. The van der Waals surface area contributed by atoms with Gasteiger partial charge in [-0.25, -0.2) is 4.79 Å². The molecule has 1 heterocycles. The molecule has 6 nitrogen and oxygen atoms in total. The van der Waals surface area contributed by atoms with Crippen LogP contribution in [0.25, 0.3) is 0 Å². The molecule has 0 aromatic rings. The molecule has 0 radical (unpaired) electrons. The maximum Gasteiger partial charge on any atom is 0.325 e. The molecule has 110 valence electrons. The van der Waals surface area contributed by atoms with E-state index < -0.39 is 11.6 Å². The van der Waals surface area contributed by atoms with Gasteiger partial charge in [-0.3, -0.25) is 14.5 Å². The van der Waals surface area contributed by atoms with E-state index in [9.17, 15) is 14.4 Å². The van der Waals surface area contributed by atoms with Crippen LogP contribution in [0.2, 0.25) is 0 Å². The van der Waals surface area contributed by atoms with E-state index in [-0.39, 0.29) is 24.3 Å². The largest absolute Gasteiger partial charge is 0.351 e. The number of carbonyl (C=O) groups is 3. The van der Waals surface area contributed by atoms with Crippen molar-refractivity contribution in [3.63, 3.8) is 0 Å². The molecule has 1 aliphatic carbocycles. The maximum atomic E-state index is 12.6. The van der Waals surface area contributed by atoms with Crippen LogP contribution in [0, 0.1) is 5.92 Å². The van der Waals surface area contributed by atoms with Gasteiger partial charge in [0.1, 0.15) is 12.1 Å². The Morgan fingerprint density at radius 2 is 2.30 bits per heavy atom. The topological polar surface area (TPSA) is 78.5 Å². The lowest BCUT2D eigenvalue weighted by atomic mass is 9.73. The van der Waals surface area contributed by atoms with Crippen LogP contribution in [-0.2, 0) is 9.59 Å². The highest BCUT2D eigenvalue weighted by molar-refractivity contribution is 6.09. The third kappa shape index (κ3) is 2.42. The van der Waals surface area contributed by atoms with Crippen LogP contribution in [-0.4, -0.2) is 41.4 Å². The van der Waals surface area contributed by atoms with Crippen molar-refractivity contribution in [3.05, 3.63) is 12.7 Å². The summed E-state index contributed by atoms with van der Waals surface area (Å²) in [5.41, 5.74) is -0.798. The Hall–Kier alpha value is -1.85. The summed E-state index contributed by atoms with van der Waals surface area (Å²) in [4.78, 5) is 37.3. The van der Waals surface area contributed by atoms with Crippen molar-refractivity contribution >= 4 is 17.8 Å². The van der Waals surface area contributed by atoms with Crippen LogP contribution in [0.4, 0.5) is 4.79 Å². The summed E-state index contributed by atoms with van der Waals surface area (Å²) in [6.45, 7) is 5.58. The van der Waals surface area contributed by atoms with Crippen LogP contribution in [0.5, 0.6) is 0 Å². The number of imide groups is 1. The molecular formula is C14H21N3O3. The Morgan fingerprint density at radius 1 is 1.55 bits per heavy atom. The van der Waals surface area contributed by atoms with Gasteiger partial charge in [-0.15, -0.1) is 6.58 Å². The van der Waals surface area contributed by atoms with Gasteiger partial charge in [0, 0.05) is 6.54 Å². The minimum Gasteiger partial charge on any atom is -0.351 e. The summed E-state index contributed by atoms with van der Waals surface area (Å²) in [5, 5.41) is 5.39. The zero-order valence-electron chi connectivity index (χ0n) is 11.8. The zero-order chi connectivity index (χ0) is 14.8. The van der Waals surface area contributed by atoms with E-state index in [1.165, 1.54) is 0 Å². The molecule has 1 aliphatic heterocycles. The minimum absolute atomic E-state index is 0.105. The SMILES string of the molecule is C=CCNC(=O)CN1C(=O)N[C@@]2(CCCC[C@H]2C)C1=O. The Kier molecular flexibility index (Phi) is 4.11. The van der Waals surface area contributed by atoms with Crippen LogP contribution in [0.15, 0.2) is 12.7 Å². The second kappa shape index (κ2) is 5.64. The van der Waals surface area contributed by atoms with Crippen LogP contribution < -0.4 is 10.6 Å². The number of hydrogen-bond acceptors (Lipinski definition) is 3. The van der Waals surface area contributed by atoms with Crippen molar-refractivity contribution in [1.29, 1.82) is 0 Å². The standard InChI is InChI=1S/C14H21N3O3/c1-3-8-15-11(18)9-17-12(19)14(16-13(17)20)7-5-4-6-10(14)2/h3,10H,1,4-9H2,2H3,(H,15,18)(H,16,20)/t10-,14-/m1/s1. The van der Waals surface area contributed by atoms with Crippen molar-refractivity contribution in [2.45, 2.75) is 38.1 Å². The number of amides is 4. The summed E-state index contributed by atoms with van der Waals surface area (Å²) in [6, 6.07) is -0.461. The highest BCUT2D eigenvalue weighted by Crippen LogP contribution is 2.37. The van der Waals surface area contributed by atoms with Crippen molar-refractivity contribution < 1.29 is 14.4 Å². The third-order valence-electron chi connectivity index (χ3n) is 4.25. The number of hydrogen-bond donors (Lipinski definition) is 2. The molecule has 0 bridgehead atoms. The average molecular weight is 279 g/mol. The molecule has 0 aromatic carbocycles. The van der Waals surface area contributed by atoms with Gasteiger partial charge in [0.15, 0.2) is 0 Å². The molecule has 20 heavy (non-hydrogen) atoms. The van der Waals surface area contributed by atoms with Gasteiger partial charge >= 0.3 is 6.03 Å². The maximum absolute atomic E-state index is 12.6. The van der Waals surface area contributed by atoms with E-state index in [1.807, 2.05) is 6.92 Å². The number of rotatable bonds is 4. The molecule has 1 saturated carbocycles. The Balaban J connectivity index is 2.08. The van der Waals surface area contributed by atoms with Gasteiger partial charge in [-0.05, 0) is 18.8 Å². The van der Waals surface area contributed by atoms with Gasteiger partial charge < -0.3 is 10.6 Å².